The quantitative estimate of drug-likeness (QED) is 0.512. The molecule has 0 saturated carbocycles. The van der Waals surface area contributed by atoms with Crippen LogP contribution in [0.15, 0.2) is 24.3 Å². The first-order valence-corrected chi connectivity index (χ1v) is 7.24. The van der Waals surface area contributed by atoms with Crippen molar-refractivity contribution in [3.63, 3.8) is 0 Å². The highest BCUT2D eigenvalue weighted by molar-refractivity contribution is 5.46. The zero-order valence-corrected chi connectivity index (χ0v) is 11.9. The van der Waals surface area contributed by atoms with E-state index in [1.165, 1.54) is 37.7 Å². The summed E-state index contributed by atoms with van der Waals surface area (Å²) >= 11 is 0. The zero-order chi connectivity index (χ0) is 13.2. The second kappa shape index (κ2) is 8.98. The van der Waals surface area contributed by atoms with Crippen molar-refractivity contribution in [1.82, 2.24) is 5.32 Å². The van der Waals surface area contributed by atoms with E-state index in [2.05, 4.69) is 25.2 Å². The van der Waals surface area contributed by atoms with Gasteiger partial charge in [-0.05, 0) is 30.5 Å². The van der Waals surface area contributed by atoms with Crippen LogP contribution >= 0.6 is 0 Å². The Morgan fingerprint density at radius 3 is 2.50 bits per heavy atom. The van der Waals surface area contributed by atoms with Gasteiger partial charge in [-0.25, -0.2) is 0 Å². The Hall–Kier alpha value is -1.02. The van der Waals surface area contributed by atoms with Crippen LogP contribution in [-0.2, 0) is 6.54 Å². The molecule has 2 heteroatoms. The Morgan fingerprint density at radius 1 is 1.06 bits per heavy atom. The van der Waals surface area contributed by atoms with Gasteiger partial charge in [0.15, 0.2) is 0 Å². The van der Waals surface area contributed by atoms with Crippen LogP contribution in [0.25, 0.3) is 0 Å². The minimum absolute atomic E-state index is 0.851. The largest absolute Gasteiger partial charge is 0.398 e. The topological polar surface area (TPSA) is 38.0 Å². The number of para-hydroxylation sites is 1. The fourth-order valence-electron chi connectivity index (χ4n) is 2.07. The summed E-state index contributed by atoms with van der Waals surface area (Å²) in [5.74, 6) is 0.851. The predicted molar refractivity (Wildman–Crippen MR) is 80.5 cm³/mol. The third kappa shape index (κ3) is 6.65. The van der Waals surface area contributed by atoms with Gasteiger partial charge in [0.1, 0.15) is 0 Å². The van der Waals surface area contributed by atoms with E-state index in [0.717, 1.165) is 24.7 Å². The summed E-state index contributed by atoms with van der Waals surface area (Å²) in [6.07, 6.45) is 6.72. The Balaban J connectivity index is 1.98. The maximum atomic E-state index is 5.89. The lowest BCUT2D eigenvalue weighted by Crippen LogP contribution is -2.15. The summed E-state index contributed by atoms with van der Waals surface area (Å²) < 4.78 is 0. The number of unbranched alkanes of at least 4 members (excludes halogenated alkanes) is 3. The molecule has 0 fully saturated rings. The van der Waals surface area contributed by atoms with Crippen LogP contribution < -0.4 is 11.1 Å². The molecule has 3 N–H and O–H groups in total. The third-order valence-corrected chi connectivity index (χ3v) is 3.26. The summed E-state index contributed by atoms with van der Waals surface area (Å²) in [6.45, 7) is 6.58. The first kappa shape index (κ1) is 15.0. The Kier molecular flexibility index (Phi) is 7.51. The Labute approximate surface area is 112 Å². The van der Waals surface area contributed by atoms with Crippen LogP contribution in [0.4, 0.5) is 5.69 Å². The fourth-order valence-corrected chi connectivity index (χ4v) is 2.07. The van der Waals surface area contributed by atoms with E-state index in [-0.39, 0.29) is 0 Å². The standard InChI is InChI=1S/C16H28N2/c1-14(2)9-5-3-4-8-12-18-13-15-10-6-7-11-16(15)17/h6-7,10-11,14,18H,3-5,8-9,12-13,17H2,1-2H3. The van der Waals surface area contributed by atoms with Crippen molar-refractivity contribution in [2.75, 3.05) is 12.3 Å². The van der Waals surface area contributed by atoms with E-state index < -0.39 is 0 Å². The average molecular weight is 248 g/mol. The molecular formula is C16H28N2. The molecule has 1 aromatic carbocycles. The van der Waals surface area contributed by atoms with Crippen molar-refractivity contribution in [2.45, 2.75) is 52.5 Å². The van der Waals surface area contributed by atoms with Crippen LogP contribution in [-0.4, -0.2) is 6.54 Å². The van der Waals surface area contributed by atoms with Gasteiger partial charge in [0.2, 0.25) is 0 Å². The number of nitrogen functional groups attached to an aromatic ring is 1. The SMILES string of the molecule is CC(C)CCCCCCNCc1ccccc1N. The summed E-state index contributed by atoms with van der Waals surface area (Å²) in [6, 6.07) is 8.07. The maximum absolute atomic E-state index is 5.89. The zero-order valence-electron chi connectivity index (χ0n) is 11.9. The van der Waals surface area contributed by atoms with Crippen molar-refractivity contribution in [1.29, 1.82) is 0 Å². The van der Waals surface area contributed by atoms with Crippen LogP contribution in [0, 0.1) is 5.92 Å². The summed E-state index contributed by atoms with van der Waals surface area (Å²) in [7, 11) is 0. The molecule has 0 saturated heterocycles. The van der Waals surface area contributed by atoms with Gasteiger partial charge in [0.05, 0.1) is 0 Å². The molecule has 0 amide bonds. The van der Waals surface area contributed by atoms with E-state index in [4.69, 9.17) is 5.73 Å². The summed E-state index contributed by atoms with van der Waals surface area (Å²) in [5.41, 5.74) is 7.99. The van der Waals surface area contributed by atoms with E-state index >= 15 is 0 Å². The van der Waals surface area contributed by atoms with Gasteiger partial charge >= 0.3 is 0 Å². The van der Waals surface area contributed by atoms with Crippen molar-refractivity contribution < 1.29 is 0 Å². The number of anilines is 1. The van der Waals surface area contributed by atoms with Crippen LogP contribution in [0.3, 0.4) is 0 Å². The van der Waals surface area contributed by atoms with Crippen molar-refractivity contribution in [3.8, 4) is 0 Å². The van der Waals surface area contributed by atoms with E-state index in [9.17, 15) is 0 Å². The fraction of sp³-hybridized carbons (Fsp3) is 0.625. The van der Waals surface area contributed by atoms with E-state index in [1.54, 1.807) is 0 Å². The molecule has 2 nitrogen and oxygen atoms in total. The molecule has 0 unspecified atom stereocenters. The van der Waals surface area contributed by atoms with Crippen molar-refractivity contribution >= 4 is 5.69 Å². The third-order valence-electron chi connectivity index (χ3n) is 3.26. The second-order valence-corrected chi connectivity index (χ2v) is 5.47. The Bertz CT molecular complexity index is 321. The number of benzene rings is 1. The lowest BCUT2D eigenvalue weighted by molar-refractivity contribution is 0.512. The molecular weight excluding hydrogens is 220 g/mol. The van der Waals surface area contributed by atoms with Crippen LogP contribution in [0.2, 0.25) is 0 Å². The molecule has 0 radical (unpaired) electrons. The highest BCUT2D eigenvalue weighted by atomic mass is 14.8. The molecule has 0 bridgehead atoms. The predicted octanol–water partition coefficient (Wildman–Crippen LogP) is 3.96. The molecule has 18 heavy (non-hydrogen) atoms. The van der Waals surface area contributed by atoms with Crippen molar-refractivity contribution in [2.24, 2.45) is 5.92 Å². The number of hydrogen-bond donors (Lipinski definition) is 2. The minimum atomic E-state index is 0.851. The highest BCUT2D eigenvalue weighted by Gasteiger charge is 1.97. The monoisotopic (exact) mass is 248 g/mol. The lowest BCUT2D eigenvalue weighted by Gasteiger charge is -2.07. The Morgan fingerprint density at radius 2 is 1.78 bits per heavy atom. The van der Waals surface area contributed by atoms with Crippen LogP contribution in [0.1, 0.15) is 51.5 Å². The molecule has 0 aliphatic heterocycles. The molecule has 1 aromatic rings. The molecule has 1 rings (SSSR count). The summed E-state index contributed by atoms with van der Waals surface area (Å²) in [5, 5.41) is 3.46. The van der Waals surface area contributed by atoms with Gasteiger partial charge < -0.3 is 11.1 Å². The highest BCUT2D eigenvalue weighted by Crippen LogP contribution is 2.10. The molecule has 0 spiro atoms. The lowest BCUT2D eigenvalue weighted by atomic mass is 10.0. The number of rotatable bonds is 9. The molecule has 0 atom stereocenters. The minimum Gasteiger partial charge on any atom is -0.398 e. The number of nitrogens with one attached hydrogen (secondary N) is 1. The molecule has 0 aromatic heterocycles. The first-order chi connectivity index (χ1) is 8.70. The van der Waals surface area contributed by atoms with E-state index in [0.29, 0.717) is 0 Å². The molecule has 102 valence electrons. The molecule has 0 heterocycles. The number of nitrogens with two attached hydrogens (primary N) is 1. The summed E-state index contributed by atoms with van der Waals surface area (Å²) in [4.78, 5) is 0. The van der Waals surface area contributed by atoms with Gasteiger partial charge in [0.25, 0.3) is 0 Å². The van der Waals surface area contributed by atoms with E-state index in [1.807, 2.05) is 18.2 Å². The van der Waals surface area contributed by atoms with Crippen molar-refractivity contribution in [3.05, 3.63) is 29.8 Å². The molecule has 0 aliphatic carbocycles. The first-order valence-electron chi connectivity index (χ1n) is 7.24. The maximum Gasteiger partial charge on any atom is 0.0359 e. The normalized spacial score (nSPS) is 11.1. The average Bonchev–Trinajstić information content (AvgIpc) is 2.34. The van der Waals surface area contributed by atoms with Crippen LogP contribution in [0.5, 0.6) is 0 Å². The molecule has 0 aliphatic rings. The van der Waals surface area contributed by atoms with Gasteiger partial charge in [-0.3, -0.25) is 0 Å². The smallest absolute Gasteiger partial charge is 0.0359 e. The van der Waals surface area contributed by atoms with Gasteiger partial charge in [-0.1, -0.05) is 57.7 Å². The van der Waals surface area contributed by atoms with Gasteiger partial charge in [-0.2, -0.15) is 0 Å². The number of hydrogen-bond acceptors (Lipinski definition) is 2. The van der Waals surface area contributed by atoms with Gasteiger partial charge in [-0.15, -0.1) is 0 Å². The second-order valence-electron chi connectivity index (χ2n) is 5.47. The van der Waals surface area contributed by atoms with Gasteiger partial charge in [0, 0.05) is 12.2 Å².